The summed E-state index contributed by atoms with van der Waals surface area (Å²) in [6, 6.07) is 11.9. The summed E-state index contributed by atoms with van der Waals surface area (Å²) in [6.45, 7) is 0. The highest BCUT2D eigenvalue weighted by Crippen LogP contribution is 2.20. The van der Waals surface area contributed by atoms with Crippen molar-refractivity contribution in [1.82, 2.24) is 0 Å². The zero-order valence-electron chi connectivity index (χ0n) is 9.80. The molecule has 0 radical (unpaired) electrons. The molecule has 1 amide bonds. The van der Waals surface area contributed by atoms with Crippen molar-refractivity contribution in [2.45, 2.75) is 0 Å². The average Bonchev–Trinajstić information content (AvgIpc) is 2.38. The van der Waals surface area contributed by atoms with Gasteiger partial charge >= 0.3 is 0 Å². The molecule has 0 aliphatic carbocycles. The predicted octanol–water partition coefficient (Wildman–Crippen LogP) is 2.81. The monoisotopic (exact) mass is 245 g/mol. The number of phenolic OH excluding ortho intramolecular Hbond substituents is 1. The van der Waals surface area contributed by atoms with Crippen LogP contribution in [0.2, 0.25) is 0 Å². The summed E-state index contributed by atoms with van der Waals surface area (Å²) in [6.07, 6.45) is 0. The van der Waals surface area contributed by atoms with Gasteiger partial charge in [0.2, 0.25) is 0 Å². The molecule has 2 aromatic rings. The first kappa shape index (κ1) is 12.1. The highest BCUT2D eigenvalue weighted by atomic mass is 19.1. The number of halogens is 1. The molecule has 1 N–H and O–H groups in total. The number of aromatic hydroxyl groups is 1. The van der Waals surface area contributed by atoms with Crippen LogP contribution in [-0.2, 0) is 0 Å². The number of para-hydroxylation sites is 1. The molecule has 0 atom stereocenters. The quantitative estimate of drug-likeness (QED) is 0.883. The summed E-state index contributed by atoms with van der Waals surface area (Å²) in [4.78, 5) is 13.3. The maximum atomic E-state index is 13.5. The van der Waals surface area contributed by atoms with E-state index < -0.39 is 5.82 Å². The Labute approximate surface area is 104 Å². The second-order valence-corrected chi connectivity index (χ2v) is 3.86. The molecule has 0 aliphatic rings. The Balaban J connectivity index is 2.29. The van der Waals surface area contributed by atoms with Crippen molar-refractivity contribution in [3.05, 3.63) is 59.9 Å². The Kier molecular flexibility index (Phi) is 3.28. The van der Waals surface area contributed by atoms with Crippen LogP contribution in [0.5, 0.6) is 5.75 Å². The number of anilines is 1. The van der Waals surface area contributed by atoms with Gasteiger partial charge in [0, 0.05) is 12.6 Å². The second kappa shape index (κ2) is 4.87. The van der Waals surface area contributed by atoms with Crippen molar-refractivity contribution < 1.29 is 14.3 Å². The van der Waals surface area contributed by atoms with E-state index in [2.05, 4.69) is 0 Å². The van der Waals surface area contributed by atoms with Crippen LogP contribution in [0, 0.1) is 5.82 Å². The van der Waals surface area contributed by atoms with Gasteiger partial charge in [-0.2, -0.15) is 0 Å². The van der Waals surface area contributed by atoms with Crippen LogP contribution in [0.1, 0.15) is 10.4 Å². The van der Waals surface area contributed by atoms with E-state index in [0.717, 1.165) is 0 Å². The van der Waals surface area contributed by atoms with Crippen molar-refractivity contribution in [2.24, 2.45) is 0 Å². The summed E-state index contributed by atoms with van der Waals surface area (Å²) < 4.78 is 13.5. The standard InChI is InChI=1S/C14H12FNO2/c1-16(13-5-3-2-4-12(13)15)14(18)10-6-8-11(17)9-7-10/h2-9,17H,1H3. The van der Waals surface area contributed by atoms with Crippen LogP contribution in [0.15, 0.2) is 48.5 Å². The van der Waals surface area contributed by atoms with Gasteiger partial charge in [0.05, 0.1) is 5.69 Å². The molecule has 92 valence electrons. The van der Waals surface area contributed by atoms with Crippen molar-refractivity contribution in [1.29, 1.82) is 0 Å². The Morgan fingerprint density at radius 3 is 2.33 bits per heavy atom. The highest BCUT2D eigenvalue weighted by Gasteiger charge is 2.15. The Hall–Kier alpha value is -2.36. The molecule has 0 aromatic heterocycles. The molecule has 0 spiro atoms. The molecule has 2 aromatic carbocycles. The fourth-order valence-electron chi connectivity index (χ4n) is 1.63. The number of hydrogen-bond acceptors (Lipinski definition) is 2. The fraction of sp³-hybridized carbons (Fsp3) is 0.0714. The summed E-state index contributed by atoms with van der Waals surface area (Å²) in [5, 5.41) is 9.15. The molecule has 3 nitrogen and oxygen atoms in total. The molecule has 4 heteroatoms. The number of carbonyl (C=O) groups excluding carboxylic acids is 1. The lowest BCUT2D eigenvalue weighted by molar-refractivity contribution is 0.0992. The third kappa shape index (κ3) is 2.32. The van der Waals surface area contributed by atoms with Crippen LogP contribution >= 0.6 is 0 Å². The SMILES string of the molecule is CN(C(=O)c1ccc(O)cc1)c1ccccc1F. The van der Waals surface area contributed by atoms with E-state index in [1.807, 2.05) is 0 Å². The summed E-state index contributed by atoms with van der Waals surface area (Å²) >= 11 is 0. The van der Waals surface area contributed by atoms with Crippen molar-refractivity contribution in [3.8, 4) is 5.75 Å². The molecule has 0 saturated carbocycles. The smallest absolute Gasteiger partial charge is 0.258 e. The van der Waals surface area contributed by atoms with Gasteiger partial charge in [-0.15, -0.1) is 0 Å². The highest BCUT2D eigenvalue weighted by molar-refractivity contribution is 6.05. The third-order valence-corrected chi connectivity index (χ3v) is 2.63. The minimum atomic E-state index is -0.452. The summed E-state index contributed by atoms with van der Waals surface area (Å²) in [5.74, 6) is -0.702. The van der Waals surface area contributed by atoms with Gasteiger partial charge < -0.3 is 10.0 Å². The number of carbonyl (C=O) groups is 1. The largest absolute Gasteiger partial charge is 0.508 e. The summed E-state index contributed by atoms with van der Waals surface area (Å²) in [7, 11) is 1.51. The maximum absolute atomic E-state index is 13.5. The first-order valence-electron chi connectivity index (χ1n) is 5.41. The van der Waals surface area contributed by atoms with Crippen LogP contribution in [-0.4, -0.2) is 18.1 Å². The maximum Gasteiger partial charge on any atom is 0.258 e. The van der Waals surface area contributed by atoms with Gasteiger partial charge in [0.15, 0.2) is 0 Å². The van der Waals surface area contributed by atoms with E-state index in [1.165, 1.54) is 48.3 Å². The van der Waals surface area contributed by atoms with Gasteiger partial charge in [0.25, 0.3) is 5.91 Å². The van der Waals surface area contributed by atoms with Crippen LogP contribution in [0.25, 0.3) is 0 Å². The van der Waals surface area contributed by atoms with E-state index in [-0.39, 0.29) is 17.3 Å². The van der Waals surface area contributed by atoms with E-state index in [4.69, 9.17) is 5.11 Å². The fourth-order valence-corrected chi connectivity index (χ4v) is 1.63. The minimum Gasteiger partial charge on any atom is -0.508 e. The van der Waals surface area contributed by atoms with Crippen LogP contribution < -0.4 is 4.90 Å². The molecule has 0 heterocycles. The lowest BCUT2D eigenvalue weighted by Gasteiger charge is -2.17. The Bertz CT molecular complexity index is 566. The molecule has 0 saturated heterocycles. The number of phenols is 1. The zero-order chi connectivity index (χ0) is 13.1. The topological polar surface area (TPSA) is 40.5 Å². The third-order valence-electron chi connectivity index (χ3n) is 2.63. The predicted molar refractivity (Wildman–Crippen MR) is 67.2 cm³/mol. The molecular formula is C14H12FNO2. The van der Waals surface area contributed by atoms with Crippen molar-refractivity contribution in [3.63, 3.8) is 0 Å². The number of nitrogens with zero attached hydrogens (tertiary/aromatic N) is 1. The number of rotatable bonds is 2. The Morgan fingerprint density at radius 1 is 1.11 bits per heavy atom. The van der Waals surface area contributed by atoms with Gasteiger partial charge in [-0.1, -0.05) is 12.1 Å². The molecule has 0 fully saturated rings. The second-order valence-electron chi connectivity index (χ2n) is 3.86. The summed E-state index contributed by atoms with van der Waals surface area (Å²) in [5.41, 5.74) is 0.606. The van der Waals surface area contributed by atoms with Gasteiger partial charge in [-0.3, -0.25) is 4.79 Å². The molecule has 0 bridgehead atoms. The van der Waals surface area contributed by atoms with Gasteiger partial charge in [-0.25, -0.2) is 4.39 Å². The molecule has 0 unspecified atom stereocenters. The lowest BCUT2D eigenvalue weighted by atomic mass is 10.2. The van der Waals surface area contributed by atoms with E-state index in [9.17, 15) is 9.18 Å². The van der Waals surface area contributed by atoms with E-state index in [0.29, 0.717) is 5.56 Å². The number of hydrogen-bond donors (Lipinski definition) is 1. The van der Waals surface area contributed by atoms with Crippen LogP contribution in [0.3, 0.4) is 0 Å². The van der Waals surface area contributed by atoms with Gasteiger partial charge in [0.1, 0.15) is 11.6 Å². The van der Waals surface area contributed by atoms with Gasteiger partial charge in [-0.05, 0) is 36.4 Å². The Morgan fingerprint density at radius 2 is 1.72 bits per heavy atom. The first-order chi connectivity index (χ1) is 8.59. The minimum absolute atomic E-state index is 0.0834. The zero-order valence-corrected chi connectivity index (χ0v) is 9.80. The first-order valence-corrected chi connectivity index (χ1v) is 5.41. The number of benzene rings is 2. The molecule has 18 heavy (non-hydrogen) atoms. The lowest BCUT2D eigenvalue weighted by Crippen LogP contribution is -2.26. The number of amides is 1. The normalized spacial score (nSPS) is 10.1. The van der Waals surface area contributed by atoms with E-state index in [1.54, 1.807) is 12.1 Å². The van der Waals surface area contributed by atoms with Crippen molar-refractivity contribution >= 4 is 11.6 Å². The van der Waals surface area contributed by atoms with Crippen LogP contribution in [0.4, 0.5) is 10.1 Å². The molecule has 0 aliphatic heterocycles. The van der Waals surface area contributed by atoms with Crippen molar-refractivity contribution in [2.75, 3.05) is 11.9 Å². The average molecular weight is 245 g/mol. The van der Waals surface area contributed by atoms with E-state index >= 15 is 0 Å². The molecular weight excluding hydrogens is 233 g/mol. The molecule has 2 rings (SSSR count).